The lowest BCUT2D eigenvalue weighted by Gasteiger charge is -2.38. The molecular weight excluding hydrogens is 234 g/mol. The van der Waals surface area contributed by atoms with Gasteiger partial charge in [-0.05, 0) is 31.4 Å². The minimum absolute atomic E-state index is 0.120. The van der Waals surface area contributed by atoms with Crippen molar-refractivity contribution in [3.05, 3.63) is 24.2 Å². The highest BCUT2D eigenvalue weighted by molar-refractivity contribution is 5.91. The number of carbonyl (C=O) groups excluding carboxylic acids is 1. The van der Waals surface area contributed by atoms with Gasteiger partial charge in [0.05, 0.1) is 31.7 Å². The van der Waals surface area contributed by atoms with Crippen LogP contribution >= 0.6 is 0 Å². The zero-order valence-electron chi connectivity index (χ0n) is 10.1. The summed E-state index contributed by atoms with van der Waals surface area (Å²) >= 11 is 0. The van der Waals surface area contributed by atoms with Crippen LogP contribution in [0.15, 0.2) is 22.8 Å². The minimum Gasteiger partial charge on any atom is -0.459 e. The Morgan fingerprint density at radius 1 is 1.22 bits per heavy atom. The van der Waals surface area contributed by atoms with E-state index in [0.29, 0.717) is 19.0 Å². The van der Waals surface area contributed by atoms with E-state index in [1.165, 1.54) is 6.26 Å². The lowest BCUT2D eigenvalue weighted by Crippen LogP contribution is -2.49. The lowest BCUT2D eigenvalue weighted by atomic mass is 9.89. The van der Waals surface area contributed by atoms with Crippen molar-refractivity contribution < 1.29 is 18.7 Å². The van der Waals surface area contributed by atoms with Gasteiger partial charge in [-0.25, -0.2) is 0 Å². The van der Waals surface area contributed by atoms with E-state index in [2.05, 4.69) is 5.32 Å². The number of rotatable bonds is 2. The molecule has 98 valence electrons. The number of nitrogens with one attached hydrogen (secondary N) is 1. The van der Waals surface area contributed by atoms with Crippen LogP contribution in [0.3, 0.4) is 0 Å². The molecule has 1 amide bonds. The Morgan fingerprint density at radius 3 is 2.83 bits per heavy atom. The Morgan fingerprint density at radius 2 is 2.06 bits per heavy atom. The van der Waals surface area contributed by atoms with Crippen molar-refractivity contribution >= 4 is 5.91 Å². The van der Waals surface area contributed by atoms with Crippen LogP contribution < -0.4 is 5.32 Å². The molecule has 1 saturated heterocycles. The van der Waals surface area contributed by atoms with Gasteiger partial charge in [0.1, 0.15) is 0 Å². The normalized spacial score (nSPS) is 31.7. The molecule has 2 heterocycles. The Balaban J connectivity index is 1.56. The molecule has 3 atom stereocenters. The van der Waals surface area contributed by atoms with Gasteiger partial charge in [-0.2, -0.15) is 0 Å². The fraction of sp³-hybridized carbons (Fsp3) is 0.615. The first kappa shape index (κ1) is 11.7. The van der Waals surface area contributed by atoms with E-state index in [-0.39, 0.29) is 24.2 Å². The molecule has 0 radical (unpaired) electrons. The quantitative estimate of drug-likeness (QED) is 0.861. The summed E-state index contributed by atoms with van der Waals surface area (Å²) in [6.45, 7) is 1.34. The molecule has 1 aliphatic carbocycles. The number of fused-ring (bicyclic) bond motifs is 1. The van der Waals surface area contributed by atoms with Crippen molar-refractivity contribution in [2.45, 2.75) is 37.5 Å². The summed E-state index contributed by atoms with van der Waals surface area (Å²) in [5, 5.41) is 2.99. The molecule has 1 N–H and O–H groups in total. The van der Waals surface area contributed by atoms with E-state index in [1.54, 1.807) is 12.1 Å². The summed E-state index contributed by atoms with van der Waals surface area (Å²) in [6, 6.07) is 3.52. The standard InChI is InChI=1S/C13H17NO4/c15-13(11-2-1-5-16-11)14-9-3-4-10-12(8-9)18-7-6-17-10/h1-2,5,9-10,12H,3-4,6-8H2,(H,14,15). The molecule has 0 spiro atoms. The Hall–Kier alpha value is -1.33. The van der Waals surface area contributed by atoms with Gasteiger partial charge in [-0.1, -0.05) is 0 Å². The number of hydrogen-bond acceptors (Lipinski definition) is 4. The van der Waals surface area contributed by atoms with Gasteiger partial charge < -0.3 is 19.2 Å². The van der Waals surface area contributed by atoms with Crippen LogP contribution in [0.5, 0.6) is 0 Å². The minimum atomic E-state index is -0.153. The molecule has 1 aromatic rings. The van der Waals surface area contributed by atoms with Gasteiger partial charge in [-0.15, -0.1) is 0 Å². The molecule has 0 bridgehead atoms. The van der Waals surface area contributed by atoms with E-state index in [9.17, 15) is 4.79 Å². The second-order valence-corrected chi connectivity index (χ2v) is 4.78. The molecule has 2 fully saturated rings. The van der Waals surface area contributed by atoms with Crippen molar-refractivity contribution in [3.63, 3.8) is 0 Å². The molecule has 18 heavy (non-hydrogen) atoms. The van der Waals surface area contributed by atoms with Crippen molar-refractivity contribution in [1.29, 1.82) is 0 Å². The van der Waals surface area contributed by atoms with Gasteiger partial charge in [0.15, 0.2) is 5.76 Å². The van der Waals surface area contributed by atoms with Gasteiger partial charge in [0, 0.05) is 6.04 Å². The van der Waals surface area contributed by atoms with Crippen LogP contribution in [0.25, 0.3) is 0 Å². The van der Waals surface area contributed by atoms with E-state index >= 15 is 0 Å². The van der Waals surface area contributed by atoms with Crippen LogP contribution in [-0.4, -0.2) is 37.4 Å². The summed E-state index contributed by atoms with van der Waals surface area (Å²) in [6.07, 6.45) is 4.51. The summed E-state index contributed by atoms with van der Waals surface area (Å²) in [4.78, 5) is 11.9. The number of furan rings is 1. The third-order valence-corrected chi connectivity index (χ3v) is 3.56. The Bertz CT molecular complexity index is 403. The molecule has 5 heteroatoms. The average Bonchev–Trinajstić information content (AvgIpc) is 2.92. The van der Waals surface area contributed by atoms with E-state index in [4.69, 9.17) is 13.9 Å². The van der Waals surface area contributed by atoms with Crippen molar-refractivity contribution in [2.75, 3.05) is 13.2 Å². The second kappa shape index (κ2) is 5.12. The number of ether oxygens (including phenoxy) is 2. The number of hydrogen-bond donors (Lipinski definition) is 1. The molecule has 3 unspecified atom stereocenters. The highest BCUT2D eigenvalue weighted by Gasteiger charge is 2.34. The third kappa shape index (κ3) is 2.42. The molecule has 0 aromatic carbocycles. The lowest BCUT2D eigenvalue weighted by molar-refractivity contribution is -0.157. The highest BCUT2D eigenvalue weighted by Crippen LogP contribution is 2.26. The van der Waals surface area contributed by atoms with Crippen molar-refractivity contribution in [1.82, 2.24) is 5.32 Å². The van der Waals surface area contributed by atoms with Crippen molar-refractivity contribution in [3.8, 4) is 0 Å². The zero-order chi connectivity index (χ0) is 12.4. The first-order chi connectivity index (χ1) is 8.83. The van der Waals surface area contributed by atoms with Crippen LogP contribution in [0.4, 0.5) is 0 Å². The molecule has 5 nitrogen and oxygen atoms in total. The number of carbonyl (C=O) groups is 1. The SMILES string of the molecule is O=C(NC1CCC2OCCOC2C1)c1ccco1. The maximum Gasteiger partial charge on any atom is 0.287 e. The van der Waals surface area contributed by atoms with Crippen LogP contribution in [0.1, 0.15) is 29.8 Å². The van der Waals surface area contributed by atoms with Gasteiger partial charge in [-0.3, -0.25) is 4.79 Å². The molecule has 1 aromatic heterocycles. The maximum atomic E-state index is 11.9. The molecule has 1 saturated carbocycles. The Kier molecular flexibility index (Phi) is 3.34. The van der Waals surface area contributed by atoms with Gasteiger partial charge >= 0.3 is 0 Å². The first-order valence-electron chi connectivity index (χ1n) is 6.40. The molecule has 3 rings (SSSR count). The fourth-order valence-electron chi connectivity index (χ4n) is 2.66. The van der Waals surface area contributed by atoms with Crippen molar-refractivity contribution in [2.24, 2.45) is 0 Å². The van der Waals surface area contributed by atoms with Crippen LogP contribution in [0.2, 0.25) is 0 Å². The monoisotopic (exact) mass is 251 g/mol. The largest absolute Gasteiger partial charge is 0.459 e. The van der Waals surface area contributed by atoms with Crippen LogP contribution in [0, 0.1) is 0 Å². The number of amides is 1. The summed E-state index contributed by atoms with van der Waals surface area (Å²) < 4.78 is 16.4. The van der Waals surface area contributed by atoms with Crippen LogP contribution in [-0.2, 0) is 9.47 Å². The fourth-order valence-corrected chi connectivity index (χ4v) is 2.66. The molecular formula is C13H17NO4. The summed E-state index contributed by atoms with van der Waals surface area (Å²) in [5.41, 5.74) is 0. The topological polar surface area (TPSA) is 60.7 Å². The smallest absolute Gasteiger partial charge is 0.287 e. The predicted octanol–water partition coefficient (Wildman–Crippen LogP) is 1.35. The van der Waals surface area contributed by atoms with E-state index in [0.717, 1.165) is 19.3 Å². The molecule has 1 aliphatic heterocycles. The Labute approximate surface area is 105 Å². The third-order valence-electron chi connectivity index (χ3n) is 3.56. The summed E-state index contributed by atoms with van der Waals surface area (Å²) in [5.74, 6) is 0.207. The van der Waals surface area contributed by atoms with E-state index in [1.807, 2.05) is 0 Å². The van der Waals surface area contributed by atoms with E-state index < -0.39 is 0 Å². The summed E-state index contributed by atoms with van der Waals surface area (Å²) in [7, 11) is 0. The highest BCUT2D eigenvalue weighted by atomic mass is 16.6. The average molecular weight is 251 g/mol. The maximum absolute atomic E-state index is 11.9. The second-order valence-electron chi connectivity index (χ2n) is 4.78. The zero-order valence-corrected chi connectivity index (χ0v) is 10.1. The molecule has 2 aliphatic rings. The first-order valence-corrected chi connectivity index (χ1v) is 6.40. The van der Waals surface area contributed by atoms with Gasteiger partial charge in [0.2, 0.25) is 0 Å². The predicted molar refractivity (Wildman–Crippen MR) is 63.3 cm³/mol. The van der Waals surface area contributed by atoms with Gasteiger partial charge in [0.25, 0.3) is 5.91 Å².